The molecule has 0 heterocycles. The monoisotopic (exact) mass is 299 g/mol. The summed E-state index contributed by atoms with van der Waals surface area (Å²) < 4.78 is 0. The van der Waals surface area contributed by atoms with Crippen LogP contribution in [0, 0.1) is 13.8 Å². The molecule has 0 aromatic heterocycles. The topological polar surface area (TPSA) is 20.3 Å². The first kappa shape index (κ1) is 19.9. The molecule has 2 rings (SSSR count). The van der Waals surface area contributed by atoms with Crippen LogP contribution in [0.3, 0.4) is 0 Å². The van der Waals surface area contributed by atoms with Crippen molar-refractivity contribution in [3.05, 3.63) is 65.2 Å². The van der Waals surface area contributed by atoms with Gasteiger partial charge < -0.3 is 4.90 Å². The van der Waals surface area contributed by atoms with Crippen molar-refractivity contribution in [1.29, 1.82) is 0 Å². The number of carbonyl (C=O) groups excluding carboxylic acids is 1. The fourth-order valence-electron chi connectivity index (χ4n) is 1.93. The van der Waals surface area contributed by atoms with Crippen LogP contribution in [0.15, 0.2) is 48.5 Å². The largest absolute Gasteiger partial charge is 0.311 e. The molecule has 22 heavy (non-hydrogen) atoms. The summed E-state index contributed by atoms with van der Waals surface area (Å²) in [6, 6.07) is 15.6. The van der Waals surface area contributed by atoms with Gasteiger partial charge in [0.25, 0.3) is 5.91 Å². The molecule has 0 aliphatic heterocycles. The molecule has 2 aromatic rings. The van der Waals surface area contributed by atoms with Crippen LogP contribution in [0.1, 0.15) is 49.2 Å². The standard InChI is InChI=1S/C16H17NO.2C2H6/c1-12-6-4-8-14(10-12)16(18)17(3)15-9-5-7-13(2)11-15;2*1-2/h4-11H,1-3H3;2*1-2H3. The minimum Gasteiger partial charge on any atom is -0.311 e. The first-order valence-corrected chi connectivity index (χ1v) is 7.99. The number of rotatable bonds is 2. The van der Waals surface area contributed by atoms with Crippen molar-refractivity contribution in [3.8, 4) is 0 Å². The lowest BCUT2D eigenvalue weighted by atomic mass is 10.1. The molecule has 0 radical (unpaired) electrons. The predicted octanol–water partition coefficient (Wildman–Crippen LogP) is 5.63. The van der Waals surface area contributed by atoms with Crippen molar-refractivity contribution in [2.75, 3.05) is 11.9 Å². The van der Waals surface area contributed by atoms with Gasteiger partial charge in [-0.05, 0) is 43.7 Å². The Morgan fingerprint density at radius 2 is 1.32 bits per heavy atom. The molecule has 0 unspecified atom stereocenters. The van der Waals surface area contributed by atoms with Crippen molar-refractivity contribution >= 4 is 11.6 Å². The minimum absolute atomic E-state index is 0.0179. The zero-order valence-corrected chi connectivity index (χ0v) is 15.0. The highest BCUT2D eigenvalue weighted by atomic mass is 16.2. The highest BCUT2D eigenvalue weighted by Crippen LogP contribution is 2.17. The molecule has 0 fully saturated rings. The number of aryl methyl sites for hydroxylation is 2. The van der Waals surface area contributed by atoms with Gasteiger partial charge in [0.05, 0.1) is 0 Å². The van der Waals surface area contributed by atoms with Crippen molar-refractivity contribution in [2.45, 2.75) is 41.5 Å². The van der Waals surface area contributed by atoms with E-state index in [9.17, 15) is 4.79 Å². The van der Waals surface area contributed by atoms with Gasteiger partial charge in [-0.3, -0.25) is 4.79 Å². The highest BCUT2D eigenvalue weighted by molar-refractivity contribution is 6.05. The highest BCUT2D eigenvalue weighted by Gasteiger charge is 2.13. The van der Waals surface area contributed by atoms with E-state index in [0.29, 0.717) is 0 Å². The van der Waals surface area contributed by atoms with Crippen LogP contribution in [0.25, 0.3) is 0 Å². The Kier molecular flexibility index (Phi) is 9.60. The lowest BCUT2D eigenvalue weighted by molar-refractivity contribution is 0.0993. The van der Waals surface area contributed by atoms with Gasteiger partial charge in [0.2, 0.25) is 0 Å². The molecular weight excluding hydrogens is 270 g/mol. The zero-order chi connectivity index (χ0) is 17.1. The van der Waals surface area contributed by atoms with Gasteiger partial charge in [-0.15, -0.1) is 0 Å². The molecule has 0 aliphatic carbocycles. The minimum atomic E-state index is 0.0179. The van der Waals surface area contributed by atoms with Crippen LogP contribution < -0.4 is 4.90 Å². The maximum Gasteiger partial charge on any atom is 0.258 e. The Balaban J connectivity index is 0.00000102. The van der Waals surface area contributed by atoms with Crippen molar-refractivity contribution < 1.29 is 4.79 Å². The van der Waals surface area contributed by atoms with Gasteiger partial charge in [-0.2, -0.15) is 0 Å². The molecule has 0 spiro atoms. The van der Waals surface area contributed by atoms with E-state index in [2.05, 4.69) is 0 Å². The first-order chi connectivity index (χ1) is 10.6. The Bertz CT molecular complexity index is 575. The van der Waals surface area contributed by atoms with E-state index in [1.54, 1.807) is 11.9 Å². The van der Waals surface area contributed by atoms with E-state index in [-0.39, 0.29) is 5.91 Å². The molecule has 0 bridgehead atoms. The average Bonchev–Trinajstić information content (AvgIpc) is 2.57. The summed E-state index contributed by atoms with van der Waals surface area (Å²) in [5, 5.41) is 0. The van der Waals surface area contributed by atoms with Gasteiger partial charge >= 0.3 is 0 Å². The van der Waals surface area contributed by atoms with Crippen LogP contribution in [0.4, 0.5) is 5.69 Å². The van der Waals surface area contributed by atoms with Crippen LogP contribution in [-0.4, -0.2) is 13.0 Å². The number of hydrogen-bond donors (Lipinski definition) is 0. The maximum atomic E-state index is 12.3. The number of hydrogen-bond acceptors (Lipinski definition) is 1. The molecule has 0 saturated carbocycles. The summed E-state index contributed by atoms with van der Waals surface area (Å²) in [7, 11) is 1.80. The summed E-state index contributed by atoms with van der Waals surface area (Å²) in [6.45, 7) is 12.0. The van der Waals surface area contributed by atoms with E-state index in [1.807, 2.05) is 90.1 Å². The van der Waals surface area contributed by atoms with E-state index in [1.165, 1.54) is 0 Å². The summed E-state index contributed by atoms with van der Waals surface area (Å²) in [5.74, 6) is 0.0179. The Hall–Kier alpha value is -2.09. The number of carbonyl (C=O) groups is 1. The van der Waals surface area contributed by atoms with E-state index < -0.39 is 0 Å². The predicted molar refractivity (Wildman–Crippen MR) is 97.8 cm³/mol. The molecule has 2 nitrogen and oxygen atoms in total. The number of nitrogens with zero attached hydrogens (tertiary/aromatic N) is 1. The van der Waals surface area contributed by atoms with Crippen molar-refractivity contribution in [2.24, 2.45) is 0 Å². The Morgan fingerprint density at radius 1 is 0.818 bits per heavy atom. The molecule has 0 N–H and O–H groups in total. The zero-order valence-electron chi connectivity index (χ0n) is 15.0. The van der Waals surface area contributed by atoms with E-state index in [0.717, 1.165) is 22.4 Å². The summed E-state index contributed by atoms with van der Waals surface area (Å²) in [4.78, 5) is 14.0. The molecule has 0 aliphatic rings. The maximum absolute atomic E-state index is 12.3. The quantitative estimate of drug-likeness (QED) is 0.703. The number of amides is 1. The van der Waals surface area contributed by atoms with Crippen LogP contribution >= 0.6 is 0 Å². The van der Waals surface area contributed by atoms with Crippen molar-refractivity contribution in [1.82, 2.24) is 0 Å². The SMILES string of the molecule is CC.CC.Cc1cccc(C(=O)N(C)c2cccc(C)c2)c1. The van der Waals surface area contributed by atoms with E-state index >= 15 is 0 Å². The summed E-state index contributed by atoms with van der Waals surface area (Å²) >= 11 is 0. The second kappa shape index (κ2) is 10.6. The molecule has 1 amide bonds. The molecule has 2 heteroatoms. The van der Waals surface area contributed by atoms with Crippen LogP contribution in [0.2, 0.25) is 0 Å². The molecular formula is C20H29NO. The van der Waals surface area contributed by atoms with Gasteiger partial charge in [0.1, 0.15) is 0 Å². The fraction of sp³-hybridized carbons (Fsp3) is 0.350. The Labute approximate surface area is 135 Å². The second-order valence-corrected chi connectivity index (χ2v) is 4.57. The van der Waals surface area contributed by atoms with Crippen molar-refractivity contribution in [3.63, 3.8) is 0 Å². The van der Waals surface area contributed by atoms with Gasteiger partial charge in [-0.25, -0.2) is 0 Å². The van der Waals surface area contributed by atoms with Crippen LogP contribution in [0.5, 0.6) is 0 Å². The second-order valence-electron chi connectivity index (χ2n) is 4.57. The van der Waals surface area contributed by atoms with Gasteiger partial charge in [0, 0.05) is 18.3 Å². The third-order valence-electron chi connectivity index (χ3n) is 2.96. The lowest BCUT2D eigenvalue weighted by Crippen LogP contribution is -2.26. The molecule has 120 valence electrons. The van der Waals surface area contributed by atoms with Gasteiger partial charge in [0.15, 0.2) is 0 Å². The molecule has 0 saturated heterocycles. The normalized spacial score (nSPS) is 8.86. The summed E-state index contributed by atoms with van der Waals surface area (Å²) in [6.07, 6.45) is 0. The number of benzene rings is 2. The fourth-order valence-corrected chi connectivity index (χ4v) is 1.93. The smallest absolute Gasteiger partial charge is 0.258 e. The average molecular weight is 299 g/mol. The first-order valence-electron chi connectivity index (χ1n) is 7.99. The van der Waals surface area contributed by atoms with E-state index in [4.69, 9.17) is 0 Å². The van der Waals surface area contributed by atoms with Gasteiger partial charge in [-0.1, -0.05) is 57.5 Å². The lowest BCUT2D eigenvalue weighted by Gasteiger charge is -2.18. The molecule has 0 atom stereocenters. The third kappa shape index (κ3) is 5.72. The molecule has 2 aromatic carbocycles. The third-order valence-corrected chi connectivity index (χ3v) is 2.96. The number of anilines is 1. The summed E-state index contributed by atoms with van der Waals surface area (Å²) in [5.41, 5.74) is 3.88. The van der Waals surface area contributed by atoms with Crippen LogP contribution in [-0.2, 0) is 0 Å². The Morgan fingerprint density at radius 3 is 1.82 bits per heavy atom.